The second-order valence-electron chi connectivity index (χ2n) is 7.23. The van der Waals surface area contributed by atoms with Crippen LogP contribution in [0.15, 0.2) is 23.1 Å². The highest BCUT2D eigenvalue weighted by Gasteiger charge is 2.31. The molecule has 0 aromatic carbocycles. The van der Waals surface area contributed by atoms with Gasteiger partial charge in [0.25, 0.3) is 11.5 Å². The number of carbonyl (C=O) groups is 3. The molecule has 12 heteroatoms. The summed E-state index contributed by atoms with van der Waals surface area (Å²) < 4.78 is 48.9. The highest BCUT2D eigenvalue weighted by molar-refractivity contribution is 7.17. The number of nitrogens with one attached hydrogen (secondary N) is 1. The molecule has 33 heavy (non-hydrogen) atoms. The Morgan fingerprint density at radius 2 is 1.88 bits per heavy atom. The first kappa shape index (κ1) is 24.5. The van der Waals surface area contributed by atoms with Gasteiger partial charge in [-0.2, -0.15) is 13.2 Å². The van der Waals surface area contributed by atoms with Gasteiger partial charge in [0.05, 0.1) is 17.7 Å². The molecule has 0 spiro atoms. The van der Waals surface area contributed by atoms with Crippen LogP contribution >= 0.6 is 11.3 Å². The number of nitrogens with zero attached hydrogens (tertiary/aromatic N) is 1. The molecule has 2 aromatic heterocycles. The van der Waals surface area contributed by atoms with Gasteiger partial charge < -0.3 is 19.4 Å². The van der Waals surface area contributed by atoms with E-state index in [1.807, 2.05) is 0 Å². The first-order valence-corrected chi connectivity index (χ1v) is 11.0. The van der Waals surface area contributed by atoms with E-state index in [1.165, 1.54) is 11.3 Å². The standard InChI is InChI=1S/C21H21F3N2O6S/c1-2-31-20(30)18-13-5-3-4-6-14(13)33-19(18)25-15(27)11-32-17(29)10-26-9-12(21(22,23)24)7-8-16(26)28/h7-9H,2-6,10-11H2,1H3,(H,25,27). The molecule has 0 radical (unpaired) electrons. The van der Waals surface area contributed by atoms with Crippen LogP contribution in [0.2, 0.25) is 0 Å². The van der Waals surface area contributed by atoms with Crippen LogP contribution in [0.5, 0.6) is 0 Å². The number of anilines is 1. The Morgan fingerprint density at radius 1 is 1.15 bits per heavy atom. The molecule has 1 N–H and O–H groups in total. The summed E-state index contributed by atoms with van der Waals surface area (Å²) in [5.74, 6) is -2.35. The molecule has 0 saturated heterocycles. The number of rotatable bonds is 7. The van der Waals surface area contributed by atoms with E-state index in [0.29, 0.717) is 39.9 Å². The number of aromatic nitrogens is 1. The minimum atomic E-state index is -4.68. The van der Waals surface area contributed by atoms with Crippen molar-refractivity contribution in [2.75, 3.05) is 18.5 Å². The molecule has 8 nitrogen and oxygen atoms in total. The number of halogens is 3. The average molecular weight is 486 g/mol. The van der Waals surface area contributed by atoms with E-state index in [-0.39, 0.29) is 6.61 Å². The number of thiophene rings is 1. The maximum absolute atomic E-state index is 12.8. The van der Waals surface area contributed by atoms with Gasteiger partial charge in [-0.3, -0.25) is 14.4 Å². The van der Waals surface area contributed by atoms with Gasteiger partial charge in [-0.1, -0.05) is 0 Å². The van der Waals surface area contributed by atoms with Crippen LogP contribution in [0.4, 0.5) is 18.2 Å². The number of hydrogen-bond acceptors (Lipinski definition) is 7. The SMILES string of the molecule is CCOC(=O)c1c(NC(=O)COC(=O)Cn2cc(C(F)(F)F)ccc2=O)sc2c1CCCC2. The van der Waals surface area contributed by atoms with E-state index in [2.05, 4.69) is 5.32 Å². The Labute approximate surface area is 190 Å². The number of esters is 2. The molecule has 0 unspecified atom stereocenters. The quantitative estimate of drug-likeness (QED) is 0.603. The van der Waals surface area contributed by atoms with E-state index in [0.717, 1.165) is 29.7 Å². The zero-order valence-corrected chi connectivity index (χ0v) is 18.4. The van der Waals surface area contributed by atoms with E-state index >= 15 is 0 Å². The van der Waals surface area contributed by atoms with Gasteiger partial charge in [-0.05, 0) is 44.2 Å². The summed E-state index contributed by atoms with van der Waals surface area (Å²) in [6, 6.07) is 1.30. The van der Waals surface area contributed by atoms with Crippen molar-refractivity contribution in [3.63, 3.8) is 0 Å². The Morgan fingerprint density at radius 3 is 2.58 bits per heavy atom. The molecule has 0 atom stereocenters. The van der Waals surface area contributed by atoms with Crippen molar-refractivity contribution in [3.8, 4) is 0 Å². The first-order valence-electron chi connectivity index (χ1n) is 10.1. The topological polar surface area (TPSA) is 104 Å². The van der Waals surface area contributed by atoms with Gasteiger partial charge in [0.2, 0.25) is 0 Å². The predicted octanol–water partition coefficient (Wildman–Crippen LogP) is 3.17. The summed E-state index contributed by atoms with van der Waals surface area (Å²) in [6.45, 7) is 0.308. The lowest BCUT2D eigenvalue weighted by molar-refractivity contribution is -0.148. The summed E-state index contributed by atoms with van der Waals surface area (Å²) >= 11 is 1.26. The lowest BCUT2D eigenvalue weighted by Gasteiger charge is -2.12. The van der Waals surface area contributed by atoms with Gasteiger partial charge >= 0.3 is 18.1 Å². The fourth-order valence-corrected chi connectivity index (χ4v) is 4.68. The molecular weight excluding hydrogens is 465 g/mol. The molecule has 0 saturated carbocycles. The van der Waals surface area contributed by atoms with E-state index < -0.39 is 48.3 Å². The number of alkyl halides is 3. The number of carbonyl (C=O) groups excluding carboxylic acids is 3. The largest absolute Gasteiger partial charge is 0.462 e. The second kappa shape index (κ2) is 10.2. The maximum Gasteiger partial charge on any atom is 0.417 e. The Kier molecular flexibility index (Phi) is 7.57. The minimum Gasteiger partial charge on any atom is -0.462 e. The zero-order valence-electron chi connectivity index (χ0n) is 17.6. The number of hydrogen-bond donors (Lipinski definition) is 1. The predicted molar refractivity (Wildman–Crippen MR) is 112 cm³/mol. The third-order valence-corrected chi connectivity index (χ3v) is 6.09. The van der Waals surface area contributed by atoms with Gasteiger partial charge in [-0.15, -0.1) is 11.3 Å². The van der Waals surface area contributed by atoms with E-state index in [1.54, 1.807) is 6.92 Å². The third-order valence-electron chi connectivity index (χ3n) is 4.88. The minimum absolute atomic E-state index is 0.170. The van der Waals surface area contributed by atoms with Crippen molar-refractivity contribution in [2.45, 2.75) is 45.3 Å². The molecule has 0 bridgehead atoms. The number of ether oxygens (including phenoxy) is 2. The molecular formula is C21H21F3N2O6S. The lowest BCUT2D eigenvalue weighted by atomic mass is 9.95. The molecule has 2 heterocycles. The van der Waals surface area contributed by atoms with E-state index in [4.69, 9.17) is 9.47 Å². The zero-order chi connectivity index (χ0) is 24.2. The maximum atomic E-state index is 12.8. The molecule has 0 fully saturated rings. The summed E-state index contributed by atoms with van der Waals surface area (Å²) in [5, 5.41) is 2.85. The Balaban J connectivity index is 1.64. The van der Waals surface area contributed by atoms with Crippen LogP contribution in [-0.2, 0) is 44.6 Å². The summed E-state index contributed by atoms with van der Waals surface area (Å²) in [6.07, 6.45) is -0.827. The van der Waals surface area contributed by atoms with Gasteiger partial charge in [0, 0.05) is 17.1 Å². The van der Waals surface area contributed by atoms with Crippen LogP contribution in [0.3, 0.4) is 0 Å². The fourth-order valence-electron chi connectivity index (χ4n) is 3.39. The normalized spacial score (nSPS) is 13.2. The van der Waals surface area contributed by atoms with Crippen molar-refractivity contribution < 1.29 is 37.0 Å². The first-order chi connectivity index (χ1) is 15.6. The summed E-state index contributed by atoms with van der Waals surface area (Å²) in [7, 11) is 0. The number of fused-ring (bicyclic) bond motifs is 1. The van der Waals surface area contributed by atoms with Crippen LogP contribution in [0, 0.1) is 0 Å². The highest BCUT2D eigenvalue weighted by atomic mass is 32.1. The van der Waals surface area contributed by atoms with Crippen molar-refractivity contribution in [2.24, 2.45) is 0 Å². The number of pyridine rings is 1. The third kappa shape index (κ3) is 6.01. The van der Waals surface area contributed by atoms with Crippen LogP contribution in [0.25, 0.3) is 0 Å². The lowest BCUT2D eigenvalue weighted by Crippen LogP contribution is -2.28. The summed E-state index contributed by atoms with van der Waals surface area (Å²) in [5.41, 5.74) is -0.777. The molecule has 178 valence electrons. The average Bonchev–Trinajstić information content (AvgIpc) is 3.11. The summed E-state index contributed by atoms with van der Waals surface area (Å²) in [4.78, 5) is 49.4. The highest BCUT2D eigenvalue weighted by Crippen LogP contribution is 2.38. The van der Waals surface area contributed by atoms with Crippen molar-refractivity contribution in [3.05, 3.63) is 50.3 Å². The molecule has 1 aliphatic rings. The van der Waals surface area contributed by atoms with Crippen molar-refractivity contribution in [1.29, 1.82) is 0 Å². The molecule has 3 rings (SSSR count). The number of amides is 1. The van der Waals surface area contributed by atoms with Crippen LogP contribution in [0.1, 0.15) is 46.1 Å². The smallest absolute Gasteiger partial charge is 0.417 e. The van der Waals surface area contributed by atoms with E-state index in [9.17, 15) is 32.3 Å². The Bertz CT molecular complexity index is 1120. The van der Waals surface area contributed by atoms with Gasteiger partial charge in [-0.25, -0.2) is 4.79 Å². The van der Waals surface area contributed by atoms with Crippen molar-refractivity contribution in [1.82, 2.24) is 4.57 Å². The monoisotopic (exact) mass is 486 g/mol. The van der Waals surface area contributed by atoms with Gasteiger partial charge in [0.1, 0.15) is 11.5 Å². The molecule has 1 aliphatic carbocycles. The number of aryl methyl sites for hydroxylation is 1. The van der Waals surface area contributed by atoms with Crippen LogP contribution < -0.4 is 10.9 Å². The second-order valence-corrected chi connectivity index (χ2v) is 8.33. The molecule has 0 aliphatic heterocycles. The molecule has 1 amide bonds. The Hall–Kier alpha value is -3.15. The van der Waals surface area contributed by atoms with Crippen LogP contribution in [-0.4, -0.2) is 35.6 Å². The fraction of sp³-hybridized carbons (Fsp3) is 0.429. The van der Waals surface area contributed by atoms with Crippen molar-refractivity contribution >= 4 is 34.2 Å². The molecule has 2 aromatic rings. The van der Waals surface area contributed by atoms with Gasteiger partial charge in [0.15, 0.2) is 6.61 Å².